The highest BCUT2D eigenvalue weighted by Crippen LogP contribution is 2.58. The second kappa shape index (κ2) is 10.1. The van der Waals surface area contributed by atoms with Gasteiger partial charge in [-0.15, -0.1) is 0 Å². The summed E-state index contributed by atoms with van der Waals surface area (Å²) in [6.45, 7) is 3.72. The smallest absolute Gasteiger partial charge is 0.320 e. The van der Waals surface area contributed by atoms with Crippen LogP contribution in [0.3, 0.4) is 0 Å². The molecule has 2 aliphatic carbocycles. The molecule has 1 amide bonds. The molecule has 2 N–H and O–H groups in total. The van der Waals surface area contributed by atoms with Crippen LogP contribution in [0.25, 0.3) is 22.3 Å². The Morgan fingerprint density at radius 3 is 2.85 bits per heavy atom. The van der Waals surface area contributed by atoms with Crippen LogP contribution in [0.1, 0.15) is 29.9 Å². The van der Waals surface area contributed by atoms with Crippen LogP contribution in [0.5, 0.6) is 6.01 Å². The summed E-state index contributed by atoms with van der Waals surface area (Å²) in [5.41, 5.74) is 3.67. The van der Waals surface area contributed by atoms with Crippen molar-refractivity contribution in [1.82, 2.24) is 25.2 Å². The number of pyridine rings is 1. The SMILES string of the molecule is C=C(F)C(=O)NCCNc1nc(OC[C@@H]2C[C@@H](F)CN2C)nc2nc(-c3cccc4c3C3CC3C4)c(F)cc12. The van der Waals surface area contributed by atoms with E-state index in [0.29, 0.717) is 30.2 Å². The molecule has 0 radical (unpaired) electrons. The van der Waals surface area contributed by atoms with Crippen LogP contribution in [-0.4, -0.2) is 71.3 Å². The summed E-state index contributed by atoms with van der Waals surface area (Å²) >= 11 is 0. The molecule has 8 nitrogen and oxygen atoms in total. The van der Waals surface area contributed by atoms with E-state index in [4.69, 9.17) is 4.74 Å². The van der Waals surface area contributed by atoms with E-state index in [-0.39, 0.29) is 48.9 Å². The first-order valence-electron chi connectivity index (χ1n) is 13.1. The highest BCUT2D eigenvalue weighted by atomic mass is 19.1. The molecular weight excluding hydrogens is 509 g/mol. The van der Waals surface area contributed by atoms with Gasteiger partial charge in [0.05, 0.1) is 5.39 Å². The second-order valence-electron chi connectivity index (χ2n) is 10.6. The van der Waals surface area contributed by atoms with E-state index < -0.39 is 23.7 Å². The number of likely N-dealkylation sites (N-methyl/N-ethyl adjacent to an activating group) is 1. The summed E-state index contributed by atoms with van der Waals surface area (Å²) in [6, 6.07) is 7.17. The molecule has 1 saturated heterocycles. The number of carbonyl (C=O) groups excluding carboxylic acids is 1. The number of hydrogen-bond donors (Lipinski definition) is 2. The molecule has 0 bridgehead atoms. The van der Waals surface area contributed by atoms with E-state index >= 15 is 4.39 Å². The Morgan fingerprint density at radius 1 is 1.23 bits per heavy atom. The Hall–Kier alpha value is -3.73. The van der Waals surface area contributed by atoms with Gasteiger partial charge in [-0.1, -0.05) is 24.8 Å². The number of carbonyl (C=O) groups is 1. The summed E-state index contributed by atoms with van der Waals surface area (Å²) in [4.78, 5) is 26.9. The van der Waals surface area contributed by atoms with Crippen molar-refractivity contribution >= 4 is 22.8 Å². The van der Waals surface area contributed by atoms with Gasteiger partial charge in [0, 0.05) is 31.2 Å². The van der Waals surface area contributed by atoms with Crippen molar-refractivity contribution < 1.29 is 22.7 Å². The highest BCUT2D eigenvalue weighted by molar-refractivity contribution is 5.91. The largest absolute Gasteiger partial charge is 0.462 e. The number of halogens is 3. The number of nitrogens with one attached hydrogen (secondary N) is 2. The molecule has 3 heterocycles. The summed E-state index contributed by atoms with van der Waals surface area (Å²) in [5, 5.41) is 5.75. The third-order valence-electron chi connectivity index (χ3n) is 7.84. The molecule has 6 rings (SSSR count). The molecule has 0 spiro atoms. The molecule has 2 aromatic heterocycles. The van der Waals surface area contributed by atoms with Crippen molar-refractivity contribution in [3.63, 3.8) is 0 Å². The third kappa shape index (κ3) is 5.03. The Kier molecular flexibility index (Phi) is 6.62. The van der Waals surface area contributed by atoms with Crippen LogP contribution in [0.4, 0.5) is 19.0 Å². The Bertz CT molecular complexity index is 1470. The highest BCUT2D eigenvalue weighted by Gasteiger charge is 2.46. The number of benzene rings is 1. The molecule has 3 aromatic rings. The van der Waals surface area contributed by atoms with Gasteiger partial charge in [-0.3, -0.25) is 9.69 Å². The normalized spacial score (nSPS) is 23.4. The van der Waals surface area contributed by atoms with Crippen molar-refractivity contribution in [2.75, 3.05) is 38.6 Å². The fourth-order valence-electron chi connectivity index (χ4n) is 5.77. The minimum Gasteiger partial charge on any atom is -0.462 e. The van der Waals surface area contributed by atoms with Gasteiger partial charge in [0.25, 0.3) is 5.91 Å². The number of aromatic nitrogens is 3. The fraction of sp³-hybridized carbons (Fsp3) is 0.429. The zero-order valence-electron chi connectivity index (χ0n) is 21.5. The average molecular weight is 539 g/mol. The number of amides is 1. The first-order valence-corrected chi connectivity index (χ1v) is 13.1. The first kappa shape index (κ1) is 25.5. The Morgan fingerprint density at radius 2 is 2.08 bits per heavy atom. The van der Waals surface area contributed by atoms with E-state index in [1.54, 1.807) is 0 Å². The summed E-state index contributed by atoms with van der Waals surface area (Å²) in [5.74, 6) is -1.16. The predicted molar refractivity (Wildman–Crippen MR) is 140 cm³/mol. The van der Waals surface area contributed by atoms with Crippen molar-refractivity contribution in [1.29, 1.82) is 0 Å². The number of hydrogen-bond acceptors (Lipinski definition) is 7. The zero-order valence-corrected chi connectivity index (χ0v) is 21.5. The first-order chi connectivity index (χ1) is 18.8. The van der Waals surface area contributed by atoms with Crippen molar-refractivity contribution in [2.24, 2.45) is 5.92 Å². The Balaban J connectivity index is 1.32. The van der Waals surface area contributed by atoms with Crippen LogP contribution in [0.2, 0.25) is 0 Å². The summed E-state index contributed by atoms with van der Waals surface area (Å²) in [6.07, 6.45) is 1.57. The van der Waals surface area contributed by atoms with Crippen LogP contribution in [0.15, 0.2) is 36.7 Å². The topological polar surface area (TPSA) is 92.3 Å². The quantitative estimate of drug-likeness (QED) is 0.315. The molecule has 39 heavy (non-hydrogen) atoms. The van der Waals surface area contributed by atoms with Gasteiger partial charge in [-0.2, -0.15) is 9.97 Å². The number of likely N-dealkylation sites (tertiary alicyclic amines) is 1. The minimum atomic E-state index is -1.09. The van der Waals surface area contributed by atoms with Crippen LogP contribution < -0.4 is 15.4 Å². The van der Waals surface area contributed by atoms with Crippen molar-refractivity contribution in [3.05, 3.63) is 53.6 Å². The average Bonchev–Trinajstić information content (AvgIpc) is 3.45. The molecule has 11 heteroatoms. The third-order valence-corrected chi connectivity index (χ3v) is 7.84. The molecule has 204 valence electrons. The van der Waals surface area contributed by atoms with E-state index in [2.05, 4.69) is 38.2 Å². The number of alkyl halides is 1. The summed E-state index contributed by atoms with van der Waals surface area (Å²) < 4.78 is 48.2. The Labute approximate surface area is 223 Å². The van der Waals surface area contributed by atoms with E-state index in [1.807, 2.05) is 24.1 Å². The van der Waals surface area contributed by atoms with Gasteiger partial charge < -0.3 is 15.4 Å². The zero-order chi connectivity index (χ0) is 27.3. The second-order valence-corrected chi connectivity index (χ2v) is 10.6. The van der Waals surface area contributed by atoms with Gasteiger partial charge in [0.2, 0.25) is 0 Å². The van der Waals surface area contributed by atoms with Gasteiger partial charge in [-0.25, -0.2) is 18.2 Å². The van der Waals surface area contributed by atoms with Crippen LogP contribution in [-0.2, 0) is 11.2 Å². The monoisotopic (exact) mass is 538 g/mol. The molecule has 1 saturated carbocycles. The molecule has 4 atom stereocenters. The molecule has 1 aromatic carbocycles. The van der Waals surface area contributed by atoms with Gasteiger partial charge in [0.1, 0.15) is 30.1 Å². The van der Waals surface area contributed by atoms with Gasteiger partial charge in [-0.05, 0) is 55.3 Å². The number of ether oxygens (including phenoxy) is 1. The fourth-order valence-corrected chi connectivity index (χ4v) is 5.77. The lowest BCUT2D eigenvalue weighted by atomic mass is 9.97. The van der Waals surface area contributed by atoms with E-state index in [9.17, 15) is 13.6 Å². The van der Waals surface area contributed by atoms with Crippen molar-refractivity contribution in [2.45, 2.75) is 37.4 Å². The molecule has 1 aliphatic heterocycles. The number of fused-ring (bicyclic) bond motifs is 4. The standard InChI is InChI=1S/C28H29F3N6O2/c1-14(29)27(38)33-7-6-32-25-21-11-22(31)24(19-5-3-4-15-8-16-9-20(16)23(15)19)34-26(21)36-28(35-25)39-13-18-10-17(30)12-37(18)2/h3-5,11,16-18,20H,1,6-10,12-13H2,2H3,(H,33,38)(H,32,34,35,36)/t16?,17-,18+,20?/m1/s1. The number of nitrogens with zero attached hydrogens (tertiary/aromatic N) is 4. The number of anilines is 1. The predicted octanol–water partition coefficient (Wildman–Crippen LogP) is 3.92. The lowest BCUT2D eigenvalue weighted by molar-refractivity contribution is -0.118. The lowest BCUT2D eigenvalue weighted by Gasteiger charge is -2.19. The van der Waals surface area contributed by atoms with Crippen LogP contribution in [0, 0.1) is 11.7 Å². The van der Waals surface area contributed by atoms with Gasteiger partial charge >= 0.3 is 6.01 Å². The van der Waals surface area contributed by atoms with Gasteiger partial charge in [0.15, 0.2) is 11.5 Å². The maximum absolute atomic E-state index is 15.6. The maximum atomic E-state index is 15.6. The van der Waals surface area contributed by atoms with E-state index in [1.165, 1.54) is 17.2 Å². The minimum absolute atomic E-state index is 0.0208. The molecule has 2 fully saturated rings. The van der Waals surface area contributed by atoms with Crippen LogP contribution >= 0.6 is 0 Å². The molecular formula is C28H29F3N6O2. The lowest BCUT2D eigenvalue weighted by Crippen LogP contribution is -2.31. The molecule has 2 unspecified atom stereocenters. The maximum Gasteiger partial charge on any atom is 0.320 e. The van der Waals surface area contributed by atoms with Crippen molar-refractivity contribution in [3.8, 4) is 17.3 Å². The summed E-state index contributed by atoms with van der Waals surface area (Å²) in [7, 11) is 1.83. The number of rotatable bonds is 9. The molecule has 3 aliphatic rings. The van der Waals surface area contributed by atoms with E-state index in [0.717, 1.165) is 18.4 Å².